The highest BCUT2D eigenvalue weighted by molar-refractivity contribution is 5.28. The Balaban J connectivity index is 1.98. The highest BCUT2D eigenvalue weighted by Crippen LogP contribution is 2.16. The summed E-state index contributed by atoms with van der Waals surface area (Å²) in [4.78, 5) is 4.16. The van der Waals surface area contributed by atoms with Gasteiger partial charge in [0.1, 0.15) is 0 Å². The lowest BCUT2D eigenvalue weighted by Crippen LogP contribution is -2.19. The molecule has 1 aromatic carbocycles. The van der Waals surface area contributed by atoms with Gasteiger partial charge in [-0.05, 0) is 31.9 Å². The van der Waals surface area contributed by atoms with Gasteiger partial charge in [0.2, 0.25) is 5.89 Å². The first-order valence-corrected chi connectivity index (χ1v) is 5.75. The molecular weight excluding hydrogens is 214 g/mol. The molecule has 4 nitrogen and oxygen atoms in total. The van der Waals surface area contributed by atoms with E-state index in [0.29, 0.717) is 18.3 Å². The van der Waals surface area contributed by atoms with Crippen LogP contribution in [-0.4, -0.2) is 10.1 Å². The minimum atomic E-state index is 0.267. The lowest BCUT2D eigenvalue weighted by Gasteiger charge is -2.15. The molecule has 2 rings (SSSR count). The van der Waals surface area contributed by atoms with Crippen molar-refractivity contribution in [2.45, 2.75) is 33.4 Å². The molecule has 0 bridgehead atoms. The van der Waals surface area contributed by atoms with Crippen molar-refractivity contribution in [2.24, 2.45) is 0 Å². The Hall–Kier alpha value is -1.68. The van der Waals surface area contributed by atoms with Crippen molar-refractivity contribution in [3.63, 3.8) is 0 Å². The summed E-state index contributed by atoms with van der Waals surface area (Å²) in [5, 5.41) is 7.13. The predicted molar refractivity (Wildman–Crippen MR) is 65.5 cm³/mol. The van der Waals surface area contributed by atoms with E-state index in [0.717, 1.165) is 0 Å². The van der Waals surface area contributed by atoms with Crippen LogP contribution in [0, 0.1) is 13.8 Å². The number of rotatable bonds is 4. The standard InChI is InChI=1S/C13H17N3O/c1-9-6-4-5-7-12(9)10(2)14-8-13-15-11(3)16-17-13/h4-7,10,14H,8H2,1-3H3. The summed E-state index contributed by atoms with van der Waals surface area (Å²) >= 11 is 0. The lowest BCUT2D eigenvalue weighted by molar-refractivity contribution is 0.357. The van der Waals surface area contributed by atoms with Crippen LogP contribution < -0.4 is 5.32 Å². The molecular formula is C13H17N3O. The Labute approximate surface area is 101 Å². The van der Waals surface area contributed by atoms with Crippen LogP contribution in [0.1, 0.15) is 35.8 Å². The van der Waals surface area contributed by atoms with E-state index in [1.165, 1.54) is 11.1 Å². The van der Waals surface area contributed by atoms with Crippen LogP contribution >= 0.6 is 0 Å². The fraction of sp³-hybridized carbons (Fsp3) is 0.385. The first kappa shape index (κ1) is 11.8. The van der Waals surface area contributed by atoms with Gasteiger partial charge in [-0.1, -0.05) is 29.4 Å². The maximum atomic E-state index is 5.06. The summed E-state index contributed by atoms with van der Waals surface area (Å²) in [7, 11) is 0. The van der Waals surface area contributed by atoms with E-state index >= 15 is 0 Å². The number of nitrogens with one attached hydrogen (secondary N) is 1. The van der Waals surface area contributed by atoms with Crippen LogP contribution in [0.4, 0.5) is 0 Å². The highest BCUT2D eigenvalue weighted by Gasteiger charge is 2.09. The number of benzene rings is 1. The fourth-order valence-electron chi connectivity index (χ4n) is 1.83. The zero-order valence-electron chi connectivity index (χ0n) is 10.4. The molecule has 0 aliphatic rings. The minimum absolute atomic E-state index is 0.267. The van der Waals surface area contributed by atoms with Gasteiger partial charge < -0.3 is 9.84 Å². The molecule has 17 heavy (non-hydrogen) atoms. The molecule has 1 atom stereocenters. The van der Waals surface area contributed by atoms with Crippen molar-refractivity contribution in [3.05, 3.63) is 47.1 Å². The summed E-state index contributed by atoms with van der Waals surface area (Å²) in [5.74, 6) is 1.30. The van der Waals surface area contributed by atoms with Gasteiger partial charge >= 0.3 is 0 Å². The average molecular weight is 231 g/mol. The van der Waals surface area contributed by atoms with Gasteiger partial charge in [0, 0.05) is 6.04 Å². The summed E-state index contributed by atoms with van der Waals surface area (Å²) < 4.78 is 5.06. The smallest absolute Gasteiger partial charge is 0.240 e. The van der Waals surface area contributed by atoms with Gasteiger partial charge in [-0.15, -0.1) is 0 Å². The molecule has 90 valence electrons. The third kappa shape index (κ3) is 2.91. The van der Waals surface area contributed by atoms with E-state index in [2.05, 4.69) is 47.5 Å². The molecule has 0 radical (unpaired) electrons. The number of hydrogen-bond donors (Lipinski definition) is 1. The van der Waals surface area contributed by atoms with Gasteiger partial charge in [0.05, 0.1) is 6.54 Å². The van der Waals surface area contributed by atoms with Gasteiger partial charge in [-0.2, -0.15) is 4.98 Å². The third-order valence-corrected chi connectivity index (χ3v) is 2.78. The first-order valence-electron chi connectivity index (χ1n) is 5.75. The van der Waals surface area contributed by atoms with Crippen LogP contribution in [0.5, 0.6) is 0 Å². The van der Waals surface area contributed by atoms with Crippen LogP contribution in [0.3, 0.4) is 0 Å². The number of nitrogens with zero attached hydrogens (tertiary/aromatic N) is 2. The molecule has 0 spiro atoms. The molecule has 0 aliphatic heterocycles. The second kappa shape index (κ2) is 5.10. The molecule has 4 heteroatoms. The Bertz CT molecular complexity index is 493. The van der Waals surface area contributed by atoms with E-state index in [1.54, 1.807) is 0 Å². The lowest BCUT2D eigenvalue weighted by atomic mass is 10.0. The Morgan fingerprint density at radius 2 is 2.06 bits per heavy atom. The van der Waals surface area contributed by atoms with Crippen molar-refractivity contribution in [2.75, 3.05) is 0 Å². The maximum Gasteiger partial charge on any atom is 0.240 e. The molecule has 1 N–H and O–H groups in total. The number of hydrogen-bond acceptors (Lipinski definition) is 4. The quantitative estimate of drug-likeness (QED) is 0.878. The van der Waals surface area contributed by atoms with Crippen molar-refractivity contribution in [3.8, 4) is 0 Å². The van der Waals surface area contributed by atoms with Crippen LogP contribution in [-0.2, 0) is 6.54 Å². The normalized spacial score (nSPS) is 12.6. The van der Waals surface area contributed by atoms with Crippen molar-refractivity contribution < 1.29 is 4.52 Å². The molecule has 1 unspecified atom stereocenters. The topological polar surface area (TPSA) is 51.0 Å². The fourth-order valence-corrected chi connectivity index (χ4v) is 1.83. The maximum absolute atomic E-state index is 5.06. The predicted octanol–water partition coefficient (Wildman–Crippen LogP) is 2.54. The van der Waals surface area contributed by atoms with Gasteiger partial charge in [0.25, 0.3) is 0 Å². The molecule has 1 aromatic heterocycles. The molecule has 0 saturated heterocycles. The van der Waals surface area contributed by atoms with Crippen LogP contribution in [0.25, 0.3) is 0 Å². The molecule has 1 heterocycles. The van der Waals surface area contributed by atoms with Gasteiger partial charge in [-0.25, -0.2) is 0 Å². The third-order valence-electron chi connectivity index (χ3n) is 2.78. The van der Waals surface area contributed by atoms with Crippen molar-refractivity contribution in [1.82, 2.24) is 15.5 Å². The highest BCUT2D eigenvalue weighted by atomic mass is 16.5. The van der Waals surface area contributed by atoms with Crippen molar-refractivity contribution >= 4 is 0 Å². The average Bonchev–Trinajstić information content (AvgIpc) is 2.73. The summed E-state index contributed by atoms with van der Waals surface area (Å²) in [6, 6.07) is 8.61. The van der Waals surface area contributed by atoms with Crippen molar-refractivity contribution in [1.29, 1.82) is 0 Å². The zero-order valence-corrected chi connectivity index (χ0v) is 10.4. The molecule has 0 fully saturated rings. The minimum Gasteiger partial charge on any atom is -0.338 e. The van der Waals surface area contributed by atoms with Crippen LogP contribution in [0.2, 0.25) is 0 Å². The van der Waals surface area contributed by atoms with E-state index in [1.807, 2.05) is 13.0 Å². The van der Waals surface area contributed by atoms with E-state index in [-0.39, 0.29) is 6.04 Å². The molecule has 2 aromatic rings. The molecule has 0 amide bonds. The number of aryl methyl sites for hydroxylation is 2. The summed E-state index contributed by atoms with van der Waals surface area (Å²) in [6.07, 6.45) is 0. The van der Waals surface area contributed by atoms with E-state index in [4.69, 9.17) is 4.52 Å². The molecule has 0 aliphatic carbocycles. The van der Waals surface area contributed by atoms with Gasteiger partial charge in [-0.3, -0.25) is 0 Å². The second-order valence-electron chi connectivity index (χ2n) is 4.19. The van der Waals surface area contributed by atoms with E-state index < -0.39 is 0 Å². The largest absolute Gasteiger partial charge is 0.338 e. The monoisotopic (exact) mass is 231 g/mol. The summed E-state index contributed by atoms with van der Waals surface area (Å²) in [6.45, 7) is 6.66. The van der Waals surface area contributed by atoms with Crippen LogP contribution in [0.15, 0.2) is 28.8 Å². The Morgan fingerprint density at radius 1 is 1.29 bits per heavy atom. The van der Waals surface area contributed by atoms with E-state index in [9.17, 15) is 0 Å². The van der Waals surface area contributed by atoms with Gasteiger partial charge in [0.15, 0.2) is 5.82 Å². The summed E-state index contributed by atoms with van der Waals surface area (Å²) in [5.41, 5.74) is 2.58. The zero-order chi connectivity index (χ0) is 12.3. The first-order chi connectivity index (χ1) is 8.16. The Kier molecular flexibility index (Phi) is 3.54. The Morgan fingerprint density at radius 3 is 2.71 bits per heavy atom. The second-order valence-corrected chi connectivity index (χ2v) is 4.19. The number of aromatic nitrogens is 2. The molecule has 0 saturated carbocycles. The SMILES string of the molecule is Cc1noc(CNC(C)c2ccccc2C)n1.